The maximum atomic E-state index is 14.5. The predicted molar refractivity (Wildman–Crippen MR) is 180 cm³/mol. The second-order valence-electron chi connectivity index (χ2n) is 11.9. The number of benzene rings is 4. The van der Waals surface area contributed by atoms with Crippen molar-refractivity contribution >= 4 is 43.7 Å². The summed E-state index contributed by atoms with van der Waals surface area (Å²) in [5.74, 6) is -3.99. The molecule has 6 rings (SSSR count). The minimum absolute atomic E-state index is 0.00837. The van der Waals surface area contributed by atoms with E-state index in [0.717, 1.165) is 12.1 Å². The molecule has 12 nitrogen and oxygen atoms in total. The van der Waals surface area contributed by atoms with Gasteiger partial charge in [0.15, 0.2) is 0 Å². The third-order valence-corrected chi connectivity index (χ3v) is 11.7. The summed E-state index contributed by atoms with van der Waals surface area (Å²) in [6, 6.07) is 17.9. The summed E-state index contributed by atoms with van der Waals surface area (Å²) in [7, 11) is -9.20. The van der Waals surface area contributed by atoms with Gasteiger partial charge in [-0.25, -0.2) is 18.2 Å². The summed E-state index contributed by atoms with van der Waals surface area (Å²) in [6.45, 7) is 0. The van der Waals surface area contributed by atoms with Gasteiger partial charge in [-0.05, 0) is 69.5 Å². The van der Waals surface area contributed by atoms with E-state index in [1.165, 1.54) is 54.6 Å². The Morgan fingerprint density at radius 3 is 2.31 bits per heavy atom. The number of amides is 1. The lowest BCUT2D eigenvalue weighted by Gasteiger charge is -2.33. The number of para-hydroxylation sites is 2. The molecule has 1 amide bonds. The molecule has 2 atom stereocenters. The van der Waals surface area contributed by atoms with Gasteiger partial charge in [0.2, 0.25) is 5.91 Å². The van der Waals surface area contributed by atoms with Crippen molar-refractivity contribution in [2.75, 3.05) is 0 Å². The lowest BCUT2D eigenvalue weighted by molar-refractivity contribution is -0.227. The lowest BCUT2D eigenvalue weighted by Crippen LogP contribution is -2.42. The van der Waals surface area contributed by atoms with Crippen LogP contribution in [-0.4, -0.2) is 50.0 Å². The monoisotopic (exact) mass is 793 g/mol. The van der Waals surface area contributed by atoms with Crippen LogP contribution in [0, 0.1) is 11.3 Å². The number of hydrogen-bond acceptors (Lipinski definition) is 9. The highest BCUT2D eigenvalue weighted by Crippen LogP contribution is 2.56. The Balaban J connectivity index is 1.49. The van der Waals surface area contributed by atoms with E-state index in [-0.39, 0.29) is 56.1 Å². The summed E-state index contributed by atoms with van der Waals surface area (Å²) in [4.78, 5) is 34.6. The summed E-state index contributed by atoms with van der Waals surface area (Å²) in [5.41, 5.74) is -1.29. The van der Waals surface area contributed by atoms with Crippen molar-refractivity contribution < 1.29 is 58.3 Å². The number of hydrogen-bond donors (Lipinski definition) is 4. The van der Waals surface area contributed by atoms with Gasteiger partial charge in [-0.1, -0.05) is 54.6 Å². The molecule has 1 saturated heterocycles. The Kier molecular flexibility index (Phi) is 9.97. The third-order valence-electron chi connectivity index (χ3n) is 8.33. The molecule has 0 spiro atoms. The van der Waals surface area contributed by atoms with Crippen LogP contribution in [0.4, 0.5) is 26.3 Å². The van der Waals surface area contributed by atoms with Gasteiger partial charge in [-0.3, -0.25) is 18.6 Å². The minimum Gasteiger partial charge on any atom is -0.344 e. The molecule has 4 N–H and O–H groups in total. The van der Waals surface area contributed by atoms with Crippen LogP contribution in [-0.2, 0) is 37.0 Å². The van der Waals surface area contributed by atoms with Gasteiger partial charge in [0.1, 0.15) is 17.1 Å². The molecular weight excluding hydrogens is 769 g/mol. The molecule has 282 valence electrons. The third kappa shape index (κ3) is 7.76. The molecule has 2 heterocycles. The fourth-order valence-corrected chi connectivity index (χ4v) is 8.68. The van der Waals surface area contributed by atoms with Crippen molar-refractivity contribution in [2.45, 2.75) is 41.4 Å². The smallest absolute Gasteiger partial charge is 0.344 e. The zero-order chi connectivity index (χ0) is 39.2. The Hall–Kier alpha value is -5.46. The van der Waals surface area contributed by atoms with Crippen molar-refractivity contribution in [1.82, 2.24) is 19.2 Å². The van der Waals surface area contributed by atoms with E-state index >= 15 is 0 Å². The average Bonchev–Trinajstić information content (AvgIpc) is 3.67. The highest BCUT2D eigenvalue weighted by molar-refractivity contribution is 8.23. The van der Waals surface area contributed by atoms with Gasteiger partial charge in [-0.15, -0.1) is 10.8 Å². The number of hydroxylamine groups is 1. The molecular formula is C34H25F6N5O7S2. The first kappa shape index (κ1) is 38.3. The molecule has 1 fully saturated rings. The maximum Gasteiger partial charge on any atom is 0.492 e. The van der Waals surface area contributed by atoms with Crippen LogP contribution in [0.2, 0.25) is 0 Å². The summed E-state index contributed by atoms with van der Waals surface area (Å²) in [5, 5.41) is 8.20. The average molecular weight is 794 g/mol. The van der Waals surface area contributed by atoms with Crippen LogP contribution in [0.1, 0.15) is 45.8 Å². The number of aromatic nitrogens is 2. The van der Waals surface area contributed by atoms with Gasteiger partial charge < -0.3 is 9.82 Å². The number of sulfonamides is 1. The normalized spacial score (nSPS) is 17.2. The van der Waals surface area contributed by atoms with Crippen LogP contribution in [0.3, 0.4) is 0 Å². The lowest BCUT2D eigenvalue weighted by atomic mass is 9.98. The van der Waals surface area contributed by atoms with Crippen molar-refractivity contribution in [1.29, 1.82) is 5.26 Å². The summed E-state index contributed by atoms with van der Waals surface area (Å²) >= 11 is 0. The minimum atomic E-state index is -5.77. The van der Waals surface area contributed by atoms with E-state index in [0.29, 0.717) is 6.07 Å². The zero-order valence-corrected chi connectivity index (χ0v) is 28.7. The number of imidazole rings is 1. The fourth-order valence-electron chi connectivity index (χ4n) is 5.81. The summed E-state index contributed by atoms with van der Waals surface area (Å²) < 4.78 is 136. The molecule has 1 aliphatic rings. The van der Waals surface area contributed by atoms with Crippen molar-refractivity contribution in [3.63, 3.8) is 0 Å². The molecule has 1 unspecified atom stereocenters. The molecule has 1 aromatic heterocycles. The number of rotatable bonds is 9. The first-order valence-electron chi connectivity index (χ1n) is 15.4. The largest absolute Gasteiger partial charge is 0.492 e. The van der Waals surface area contributed by atoms with Crippen molar-refractivity contribution in [3.8, 4) is 17.2 Å². The highest BCUT2D eigenvalue weighted by atomic mass is 32.3. The molecule has 4 aromatic carbocycles. The number of aromatic amines is 1. The Bertz CT molecular complexity index is 2380. The summed E-state index contributed by atoms with van der Waals surface area (Å²) in [6.07, 6.45) is -11.9. The number of carbonyl (C=O) groups excluding carboxylic acids is 2. The van der Waals surface area contributed by atoms with Gasteiger partial charge in [-0.2, -0.15) is 31.6 Å². The quantitative estimate of drug-likeness (QED) is 0.0875. The van der Waals surface area contributed by atoms with Crippen LogP contribution in [0.15, 0.2) is 95.9 Å². The zero-order valence-electron chi connectivity index (χ0n) is 27.1. The van der Waals surface area contributed by atoms with E-state index < -0.39 is 78.8 Å². The number of nitriles is 1. The standard InChI is InChI=1S/C34H25F6N5O7S2/c35-33(36,37)25-16-23(12-13-24(25)22-5-3-4-20(14-22)18-41)54(50,51)45(52-32(47)34(38,39)40)28(31-42-26-6-1-2-7-27(26)43-31)15-19-8-10-21(11-9-19)29-17-30(46)44-53(29,48)49/h1-14,16,28-29,48-49H,15,17H2,(H,42,43)(H,44,46)/t28-,29?/m0/s1. The van der Waals surface area contributed by atoms with Crippen molar-refractivity contribution in [2.24, 2.45) is 0 Å². The molecule has 54 heavy (non-hydrogen) atoms. The molecule has 20 heteroatoms. The van der Waals surface area contributed by atoms with Crippen LogP contribution >= 0.6 is 10.8 Å². The Labute approximate surface area is 303 Å². The Morgan fingerprint density at radius 1 is 1.00 bits per heavy atom. The van der Waals surface area contributed by atoms with E-state index in [2.05, 4.69) is 19.5 Å². The number of fused-ring (bicyclic) bond motifs is 1. The molecule has 0 aliphatic carbocycles. The molecule has 1 aliphatic heterocycles. The number of halogens is 6. The van der Waals surface area contributed by atoms with E-state index in [1.807, 2.05) is 0 Å². The van der Waals surface area contributed by atoms with Crippen LogP contribution < -0.4 is 4.72 Å². The maximum absolute atomic E-state index is 14.5. The van der Waals surface area contributed by atoms with Crippen molar-refractivity contribution in [3.05, 3.63) is 119 Å². The second-order valence-corrected chi connectivity index (χ2v) is 15.7. The fraction of sp³-hybridized carbons (Fsp3) is 0.176. The topological polar surface area (TPSA) is 186 Å². The number of nitrogens with one attached hydrogen (secondary N) is 2. The number of nitrogens with zero attached hydrogens (tertiary/aromatic N) is 3. The number of H-pyrrole nitrogens is 1. The van der Waals surface area contributed by atoms with Gasteiger partial charge in [0.05, 0.1) is 39.5 Å². The SMILES string of the molecule is N#Cc1cccc(-c2ccc(S(=O)(=O)N(OC(=O)C(F)(F)F)[C@@H](Cc3ccc(C4CC(=O)NS4(O)O)cc3)c3nc4ccccc4[nH]3)cc2C(F)(F)F)c1. The second kappa shape index (κ2) is 14.1. The number of carbonyl (C=O) groups is 2. The Morgan fingerprint density at radius 2 is 1.70 bits per heavy atom. The molecule has 0 radical (unpaired) electrons. The van der Waals surface area contributed by atoms with Crippen LogP contribution in [0.25, 0.3) is 22.2 Å². The van der Waals surface area contributed by atoms with E-state index in [4.69, 9.17) is 0 Å². The first-order chi connectivity index (χ1) is 25.3. The van der Waals surface area contributed by atoms with E-state index in [9.17, 15) is 58.7 Å². The predicted octanol–water partition coefficient (Wildman–Crippen LogP) is 7.34. The highest BCUT2D eigenvalue weighted by Gasteiger charge is 2.48. The number of alkyl halides is 6. The van der Waals surface area contributed by atoms with Crippen LogP contribution in [0.5, 0.6) is 0 Å². The van der Waals surface area contributed by atoms with E-state index in [1.54, 1.807) is 18.2 Å². The molecule has 5 aromatic rings. The van der Waals surface area contributed by atoms with Gasteiger partial charge >= 0.3 is 18.3 Å². The molecule has 0 bridgehead atoms. The molecule has 0 saturated carbocycles. The van der Waals surface area contributed by atoms with Gasteiger partial charge in [0, 0.05) is 0 Å². The van der Waals surface area contributed by atoms with Gasteiger partial charge in [0.25, 0.3) is 10.0 Å². The first-order valence-corrected chi connectivity index (χ1v) is 18.5.